The average molecular weight is 500 g/mol. The fraction of sp³-hybridized carbons (Fsp3) is 0.240. The summed E-state index contributed by atoms with van der Waals surface area (Å²) in [5.74, 6) is -1.68. The molecule has 0 spiro atoms. The molecule has 0 aliphatic carbocycles. The molecular formula is C25H23F3N4O4. The largest absolute Gasteiger partial charge is 0.573 e. The van der Waals surface area contributed by atoms with Crippen molar-refractivity contribution in [1.82, 2.24) is 9.88 Å². The van der Waals surface area contributed by atoms with E-state index in [0.29, 0.717) is 37.7 Å². The first kappa shape index (κ1) is 25.1. The molecule has 2 amide bonds. The van der Waals surface area contributed by atoms with Crippen molar-refractivity contribution in [2.45, 2.75) is 6.36 Å². The third-order valence-electron chi connectivity index (χ3n) is 5.31. The molecule has 0 saturated carbocycles. The molecule has 0 radical (unpaired) electrons. The number of aromatic nitrogens is 1. The van der Waals surface area contributed by atoms with Crippen molar-refractivity contribution in [3.63, 3.8) is 0 Å². The van der Waals surface area contributed by atoms with Gasteiger partial charge in [0.1, 0.15) is 5.75 Å². The molecule has 11 heteroatoms. The van der Waals surface area contributed by atoms with E-state index in [9.17, 15) is 22.8 Å². The van der Waals surface area contributed by atoms with E-state index in [-0.39, 0.29) is 17.8 Å². The number of anilines is 2. The maximum absolute atomic E-state index is 13.0. The fourth-order valence-electron chi connectivity index (χ4n) is 3.62. The van der Waals surface area contributed by atoms with Gasteiger partial charge in [0.05, 0.1) is 48.6 Å². The Morgan fingerprint density at radius 1 is 1.00 bits per heavy atom. The molecule has 0 atom stereocenters. The van der Waals surface area contributed by atoms with Crippen LogP contribution in [0.25, 0.3) is 11.3 Å². The number of hydrogen-bond acceptors (Lipinski definition) is 6. The van der Waals surface area contributed by atoms with Crippen molar-refractivity contribution in [2.75, 3.05) is 43.5 Å². The van der Waals surface area contributed by atoms with Crippen LogP contribution < -0.4 is 15.4 Å². The number of morpholine rings is 1. The number of pyridine rings is 1. The second-order valence-electron chi connectivity index (χ2n) is 7.94. The molecule has 1 saturated heterocycles. The number of halogens is 3. The molecule has 2 N–H and O–H groups in total. The van der Waals surface area contributed by atoms with E-state index in [2.05, 4.69) is 20.4 Å². The van der Waals surface area contributed by atoms with Gasteiger partial charge < -0.3 is 20.1 Å². The summed E-state index contributed by atoms with van der Waals surface area (Å²) in [5.41, 5.74) is 1.84. The first-order valence-electron chi connectivity index (χ1n) is 11.1. The van der Waals surface area contributed by atoms with Gasteiger partial charge in [0.15, 0.2) is 0 Å². The van der Waals surface area contributed by atoms with Crippen molar-refractivity contribution in [3.8, 4) is 17.0 Å². The zero-order chi connectivity index (χ0) is 25.5. The molecule has 1 aromatic heterocycles. The Labute approximate surface area is 205 Å². The lowest BCUT2D eigenvalue weighted by Crippen LogP contribution is -2.41. The molecule has 36 heavy (non-hydrogen) atoms. The van der Waals surface area contributed by atoms with E-state index in [1.807, 2.05) is 35.2 Å². The number of carbonyl (C=O) groups excluding carboxylic acids is 2. The maximum Gasteiger partial charge on any atom is 0.573 e. The minimum absolute atomic E-state index is 0.000354. The van der Waals surface area contributed by atoms with Crippen LogP contribution in [0.3, 0.4) is 0 Å². The van der Waals surface area contributed by atoms with Crippen LogP contribution in [0.5, 0.6) is 5.75 Å². The van der Waals surface area contributed by atoms with Gasteiger partial charge >= 0.3 is 6.36 Å². The number of benzene rings is 2. The quantitative estimate of drug-likeness (QED) is 0.506. The van der Waals surface area contributed by atoms with Crippen LogP contribution in [0.2, 0.25) is 0 Å². The minimum atomic E-state index is -4.93. The van der Waals surface area contributed by atoms with E-state index < -0.39 is 23.9 Å². The number of nitrogens with zero attached hydrogens (tertiary/aromatic N) is 2. The lowest BCUT2D eigenvalue weighted by Gasteiger charge is -2.26. The number of ether oxygens (including phenoxy) is 2. The van der Waals surface area contributed by atoms with Crippen molar-refractivity contribution in [3.05, 3.63) is 72.4 Å². The summed E-state index contributed by atoms with van der Waals surface area (Å²) in [6.45, 7) is 2.05. The highest BCUT2D eigenvalue weighted by Crippen LogP contribution is 2.28. The average Bonchev–Trinajstić information content (AvgIpc) is 2.85. The zero-order valence-electron chi connectivity index (χ0n) is 19.0. The van der Waals surface area contributed by atoms with Gasteiger partial charge in [-0.1, -0.05) is 30.3 Å². The smallest absolute Gasteiger partial charge is 0.406 e. The van der Waals surface area contributed by atoms with Gasteiger partial charge in [0.2, 0.25) is 5.91 Å². The van der Waals surface area contributed by atoms with Crippen LogP contribution in [0.1, 0.15) is 10.4 Å². The minimum Gasteiger partial charge on any atom is -0.406 e. The van der Waals surface area contributed by atoms with Gasteiger partial charge in [-0.3, -0.25) is 19.5 Å². The second-order valence-corrected chi connectivity index (χ2v) is 7.94. The molecule has 0 bridgehead atoms. The Kier molecular flexibility index (Phi) is 7.81. The highest BCUT2D eigenvalue weighted by atomic mass is 19.4. The van der Waals surface area contributed by atoms with E-state index in [0.717, 1.165) is 23.8 Å². The first-order chi connectivity index (χ1) is 17.3. The van der Waals surface area contributed by atoms with Crippen LogP contribution in [0.4, 0.5) is 24.5 Å². The molecular weight excluding hydrogens is 477 g/mol. The Hall–Kier alpha value is -3.96. The summed E-state index contributed by atoms with van der Waals surface area (Å²) in [6.07, 6.45) is -3.46. The molecule has 8 nitrogen and oxygen atoms in total. The Morgan fingerprint density at radius 3 is 2.42 bits per heavy atom. The molecule has 2 aromatic carbocycles. The number of rotatable bonds is 7. The Balaban J connectivity index is 1.51. The van der Waals surface area contributed by atoms with Gasteiger partial charge in [-0.05, 0) is 24.3 Å². The summed E-state index contributed by atoms with van der Waals surface area (Å²) < 4.78 is 47.4. The highest BCUT2D eigenvalue weighted by molar-refractivity contribution is 6.10. The molecule has 1 aliphatic heterocycles. The number of alkyl halides is 3. The van der Waals surface area contributed by atoms with E-state index >= 15 is 0 Å². The van der Waals surface area contributed by atoms with Gasteiger partial charge in [-0.15, -0.1) is 13.2 Å². The molecule has 188 valence electrons. The topological polar surface area (TPSA) is 92.8 Å². The summed E-state index contributed by atoms with van der Waals surface area (Å²) in [4.78, 5) is 31.7. The fourth-order valence-corrected chi connectivity index (χ4v) is 3.62. The van der Waals surface area contributed by atoms with Crippen molar-refractivity contribution in [2.24, 2.45) is 0 Å². The van der Waals surface area contributed by atoms with E-state index in [1.165, 1.54) is 6.20 Å². The van der Waals surface area contributed by atoms with Gasteiger partial charge in [-0.2, -0.15) is 0 Å². The summed E-state index contributed by atoms with van der Waals surface area (Å²) in [7, 11) is 0. The third-order valence-corrected chi connectivity index (χ3v) is 5.31. The van der Waals surface area contributed by atoms with E-state index in [4.69, 9.17) is 4.74 Å². The summed E-state index contributed by atoms with van der Waals surface area (Å²) in [6, 6.07) is 16.0. The number of amides is 2. The predicted octanol–water partition coefficient (Wildman–Crippen LogP) is 4.17. The predicted molar refractivity (Wildman–Crippen MR) is 127 cm³/mol. The Morgan fingerprint density at radius 2 is 1.75 bits per heavy atom. The number of carbonyl (C=O) groups is 2. The molecule has 0 unspecified atom stereocenters. The number of nitrogens with one attached hydrogen (secondary N) is 2. The van der Waals surface area contributed by atoms with Crippen molar-refractivity contribution >= 4 is 23.2 Å². The summed E-state index contributed by atoms with van der Waals surface area (Å²) in [5, 5.41) is 5.19. The zero-order valence-corrected chi connectivity index (χ0v) is 19.0. The molecule has 2 heterocycles. The monoisotopic (exact) mass is 500 g/mol. The van der Waals surface area contributed by atoms with Crippen LogP contribution in [-0.2, 0) is 9.53 Å². The third kappa shape index (κ3) is 7.03. The van der Waals surface area contributed by atoms with Crippen LogP contribution in [0.15, 0.2) is 66.9 Å². The van der Waals surface area contributed by atoms with Crippen LogP contribution in [-0.4, -0.2) is 60.9 Å². The second kappa shape index (κ2) is 11.2. The molecule has 3 aromatic rings. The van der Waals surface area contributed by atoms with Gasteiger partial charge in [0, 0.05) is 24.7 Å². The first-order valence-corrected chi connectivity index (χ1v) is 11.1. The van der Waals surface area contributed by atoms with Crippen molar-refractivity contribution in [1.29, 1.82) is 0 Å². The number of hydrogen-bond donors (Lipinski definition) is 2. The molecule has 1 aliphatic rings. The van der Waals surface area contributed by atoms with Gasteiger partial charge in [-0.25, -0.2) is 0 Å². The maximum atomic E-state index is 13.0. The molecule has 1 fully saturated rings. The lowest BCUT2D eigenvalue weighted by atomic mass is 10.1. The standard InChI is InChI=1S/C25H23F3N4O4/c26-25(27,28)36-19-7-8-20(22(14-19)31-23(33)16-32-10-12-35-13-11-32)24(34)30-18-6-9-21(29-15-18)17-4-2-1-3-5-17/h1-9,14-15H,10-13,16H2,(H,30,34)(H,31,33). The van der Waals surface area contributed by atoms with E-state index in [1.54, 1.807) is 12.1 Å². The SMILES string of the molecule is O=C(CN1CCOCC1)Nc1cc(OC(F)(F)F)ccc1C(=O)Nc1ccc(-c2ccccc2)nc1. The van der Waals surface area contributed by atoms with Gasteiger partial charge in [0.25, 0.3) is 5.91 Å². The van der Waals surface area contributed by atoms with Crippen LogP contribution in [0, 0.1) is 0 Å². The normalized spacial score (nSPS) is 14.2. The van der Waals surface area contributed by atoms with Crippen molar-refractivity contribution < 1.29 is 32.2 Å². The molecule has 4 rings (SSSR count). The Bertz CT molecular complexity index is 1200. The summed E-state index contributed by atoms with van der Waals surface area (Å²) >= 11 is 0. The highest BCUT2D eigenvalue weighted by Gasteiger charge is 2.31. The lowest BCUT2D eigenvalue weighted by molar-refractivity contribution is -0.274. The van der Waals surface area contributed by atoms with Crippen LogP contribution >= 0.6 is 0 Å².